The van der Waals surface area contributed by atoms with Gasteiger partial charge in [0.1, 0.15) is 5.70 Å². The van der Waals surface area contributed by atoms with Crippen LogP contribution >= 0.6 is 0 Å². The summed E-state index contributed by atoms with van der Waals surface area (Å²) in [6.45, 7) is 0. The Morgan fingerprint density at radius 3 is 3.00 bits per heavy atom. The van der Waals surface area contributed by atoms with Gasteiger partial charge in [-0.1, -0.05) is 6.08 Å². The third-order valence-electron chi connectivity index (χ3n) is 1.11. The Hall–Kier alpha value is -1.71. The molecule has 1 heterocycles. The quantitative estimate of drug-likeness (QED) is 0.321. The fourth-order valence-corrected chi connectivity index (χ4v) is 0.605. The van der Waals surface area contributed by atoms with Crippen molar-refractivity contribution in [3.8, 4) is 0 Å². The standard InChI is InChI=1S/C7H6N2O2/c10-8-7-3-1-2-5-9(11)6-4-7/h1-6H. The first kappa shape index (κ1) is 7.40. The third kappa shape index (κ3) is 2.17. The van der Waals surface area contributed by atoms with Crippen LogP contribution < -0.4 is 0 Å². The summed E-state index contributed by atoms with van der Waals surface area (Å²) in [7, 11) is 0. The normalized spacial score (nSPS) is 16.4. The predicted molar refractivity (Wildman–Crippen MR) is 41.8 cm³/mol. The molecule has 0 aromatic rings. The van der Waals surface area contributed by atoms with E-state index in [1.54, 1.807) is 6.08 Å². The van der Waals surface area contributed by atoms with Crippen LogP contribution in [0.2, 0.25) is 0 Å². The highest BCUT2D eigenvalue weighted by atomic mass is 16.5. The van der Waals surface area contributed by atoms with Crippen LogP contribution in [0.3, 0.4) is 0 Å². The molecule has 0 fully saturated rings. The fourth-order valence-electron chi connectivity index (χ4n) is 0.605. The van der Waals surface area contributed by atoms with Crippen LogP contribution in [0.4, 0.5) is 0 Å². The van der Waals surface area contributed by atoms with Crippen molar-refractivity contribution in [2.24, 2.45) is 5.18 Å². The zero-order valence-electron chi connectivity index (χ0n) is 5.68. The molecular formula is C7H6N2O2. The van der Waals surface area contributed by atoms with Crippen LogP contribution in [-0.2, 0) is 0 Å². The van der Waals surface area contributed by atoms with Crippen molar-refractivity contribution in [2.75, 3.05) is 0 Å². The van der Waals surface area contributed by atoms with Crippen molar-refractivity contribution in [3.05, 3.63) is 46.3 Å². The average Bonchev–Trinajstić information content (AvgIpc) is 1.98. The Kier molecular flexibility index (Phi) is 2.32. The maximum absolute atomic E-state index is 10.6. The number of allylic oxidation sites excluding steroid dienone is 4. The summed E-state index contributed by atoms with van der Waals surface area (Å²) in [5, 5.41) is 13.3. The first-order valence-corrected chi connectivity index (χ1v) is 3.02. The van der Waals surface area contributed by atoms with E-state index < -0.39 is 0 Å². The van der Waals surface area contributed by atoms with Gasteiger partial charge >= 0.3 is 0 Å². The topological polar surface area (TPSA) is 55.5 Å². The van der Waals surface area contributed by atoms with Crippen molar-refractivity contribution < 1.29 is 4.74 Å². The van der Waals surface area contributed by atoms with E-state index in [1.165, 1.54) is 30.6 Å². The molecule has 4 nitrogen and oxygen atoms in total. The lowest BCUT2D eigenvalue weighted by Crippen LogP contribution is -1.93. The van der Waals surface area contributed by atoms with Crippen LogP contribution in [0.5, 0.6) is 0 Å². The highest BCUT2D eigenvalue weighted by Gasteiger charge is 1.91. The van der Waals surface area contributed by atoms with E-state index in [1.807, 2.05) is 0 Å². The van der Waals surface area contributed by atoms with Crippen LogP contribution in [0.1, 0.15) is 0 Å². The molecule has 0 atom stereocenters. The van der Waals surface area contributed by atoms with E-state index in [4.69, 9.17) is 0 Å². The van der Waals surface area contributed by atoms with Gasteiger partial charge in [0, 0.05) is 12.2 Å². The molecule has 0 saturated heterocycles. The number of hydroxylamine groups is 1. The summed E-state index contributed by atoms with van der Waals surface area (Å²) in [5.41, 5.74) is 0.232. The van der Waals surface area contributed by atoms with Gasteiger partial charge in [0.25, 0.3) is 0 Å². The summed E-state index contributed by atoms with van der Waals surface area (Å²) in [4.78, 5) is 10.00. The summed E-state index contributed by atoms with van der Waals surface area (Å²) >= 11 is 0. The van der Waals surface area contributed by atoms with Gasteiger partial charge in [0.05, 0.1) is 0 Å². The first-order valence-electron chi connectivity index (χ1n) is 3.02. The monoisotopic (exact) mass is 150 g/mol. The number of nitrogens with zero attached hydrogens (tertiary/aromatic N) is 2. The maximum atomic E-state index is 10.6. The molecule has 11 heavy (non-hydrogen) atoms. The smallest absolute Gasteiger partial charge is 0.182 e. The average molecular weight is 150 g/mol. The van der Waals surface area contributed by atoms with Gasteiger partial charge in [0.2, 0.25) is 0 Å². The van der Waals surface area contributed by atoms with Crippen molar-refractivity contribution in [3.63, 3.8) is 0 Å². The molecule has 1 aliphatic heterocycles. The van der Waals surface area contributed by atoms with Crippen LogP contribution in [0.25, 0.3) is 0 Å². The molecule has 0 aliphatic carbocycles. The summed E-state index contributed by atoms with van der Waals surface area (Å²) < 4.78 is 0.592. The minimum absolute atomic E-state index is 0.232. The molecule has 0 N–H and O–H groups in total. The van der Waals surface area contributed by atoms with E-state index >= 15 is 0 Å². The Morgan fingerprint density at radius 2 is 2.27 bits per heavy atom. The molecule has 0 aromatic heterocycles. The maximum Gasteiger partial charge on any atom is 0.182 e. The summed E-state index contributed by atoms with van der Waals surface area (Å²) in [6.07, 6.45) is 8.52. The molecule has 0 unspecified atom stereocenters. The van der Waals surface area contributed by atoms with E-state index in [0.717, 1.165) is 0 Å². The molecule has 0 saturated carbocycles. The minimum Gasteiger partial charge on any atom is -0.619 e. The zero-order chi connectivity index (χ0) is 8.10. The van der Waals surface area contributed by atoms with Gasteiger partial charge in [-0.25, -0.2) is 0 Å². The Balaban J connectivity index is 2.92. The first-order chi connectivity index (χ1) is 5.33. The Morgan fingerprint density at radius 1 is 1.45 bits per heavy atom. The van der Waals surface area contributed by atoms with Crippen LogP contribution in [0, 0.1) is 10.1 Å². The van der Waals surface area contributed by atoms with Crippen LogP contribution in [-0.4, -0.2) is 11.0 Å². The Labute approximate surface area is 63.4 Å². The molecule has 0 aromatic carbocycles. The molecule has 0 bridgehead atoms. The Bertz CT molecular complexity index is 274. The number of hydrogen-bond donors (Lipinski definition) is 0. The predicted octanol–water partition coefficient (Wildman–Crippen LogP) is 1.30. The minimum atomic E-state index is 0.232. The van der Waals surface area contributed by atoms with Gasteiger partial charge in [0.15, 0.2) is 12.4 Å². The molecular weight excluding hydrogens is 144 g/mol. The number of hydrogen-bond acceptors (Lipinski definition) is 3. The second kappa shape index (κ2) is 3.46. The van der Waals surface area contributed by atoms with E-state index in [9.17, 15) is 10.1 Å². The largest absolute Gasteiger partial charge is 0.619 e. The fraction of sp³-hybridized carbons (Fsp3) is 0. The molecule has 0 radical (unpaired) electrons. The van der Waals surface area contributed by atoms with Gasteiger partial charge in [-0.05, 0) is 11.3 Å². The van der Waals surface area contributed by atoms with Crippen molar-refractivity contribution >= 4 is 6.21 Å². The summed E-state index contributed by atoms with van der Waals surface area (Å²) in [5.74, 6) is 0. The van der Waals surface area contributed by atoms with Crippen molar-refractivity contribution in [2.45, 2.75) is 0 Å². The molecule has 56 valence electrons. The molecule has 4 heteroatoms. The lowest BCUT2D eigenvalue weighted by molar-refractivity contribution is -0.372. The van der Waals surface area contributed by atoms with Gasteiger partial charge in [-0.2, -0.15) is 4.74 Å². The van der Waals surface area contributed by atoms with E-state index in [0.29, 0.717) is 4.74 Å². The molecule has 0 spiro atoms. The second-order valence-electron chi connectivity index (χ2n) is 1.89. The summed E-state index contributed by atoms with van der Waals surface area (Å²) in [6, 6.07) is 0. The lowest BCUT2D eigenvalue weighted by atomic mass is 10.3. The van der Waals surface area contributed by atoms with Crippen molar-refractivity contribution in [1.29, 1.82) is 0 Å². The molecule has 1 aliphatic rings. The third-order valence-corrected chi connectivity index (χ3v) is 1.11. The van der Waals surface area contributed by atoms with Crippen molar-refractivity contribution in [1.82, 2.24) is 0 Å². The molecule has 1 rings (SSSR count). The lowest BCUT2D eigenvalue weighted by Gasteiger charge is -1.94. The highest BCUT2D eigenvalue weighted by Crippen LogP contribution is 1.98. The van der Waals surface area contributed by atoms with E-state index in [-0.39, 0.29) is 5.70 Å². The second-order valence-corrected chi connectivity index (χ2v) is 1.89. The number of rotatable bonds is 1. The van der Waals surface area contributed by atoms with E-state index in [2.05, 4.69) is 5.18 Å². The van der Waals surface area contributed by atoms with Gasteiger partial charge in [-0.3, -0.25) is 0 Å². The van der Waals surface area contributed by atoms with Gasteiger partial charge < -0.3 is 5.21 Å². The highest BCUT2D eigenvalue weighted by molar-refractivity contribution is 5.69. The van der Waals surface area contributed by atoms with Gasteiger partial charge in [-0.15, -0.1) is 4.91 Å². The zero-order valence-corrected chi connectivity index (χ0v) is 5.68. The van der Waals surface area contributed by atoms with Crippen LogP contribution in [0.15, 0.2) is 41.4 Å². The molecule has 0 amide bonds. The number of nitroso groups, excluding NO2 is 1. The SMILES string of the molecule is O=NC1=CC=[N+]([O-])C=CC=C1.